The lowest BCUT2D eigenvalue weighted by atomic mass is 10.4. The normalized spacial score (nSPS) is 11.7. The number of hydrogen-bond donors (Lipinski definition) is 0. The summed E-state index contributed by atoms with van der Waals surface area (Å²) in [4.78, 5) is 0. The fourth-order valence-corrected chi connectivity index (χ4v) is 2.75. The number of unbranched alkanes of at least 4 members (excludes halogenated alkanes) is 2. The molecular weight excluding hydrogens is 204 g/mol. The SMILES string of the molecule is C=C(C)[Si](C)(OCCCC)OCCCC. The van der Waals surface area contributed by atoms with Crippen molar-refractivity contribution in [3.05, 3.63) is 11.8 Å². The van der Waals surface area contributed by atoms with Gasteiger partial charge in [0.15, 0.2) is 0 Å². The maximum atomic E-state index is 5.90. The quantitative estimate of drug-likeness (QED) is 0.443. The van der Waals surface area contributed by atoms with Gasteiger partial charge in [0.25, 0.3) is 0 Å². The van der Waals surface area contributed by atoms with Crippen LogP contribution in [-0.2, 0) is 8.85 Å². The van der Waals surface area contributed by atoms with Crippen LogP contribution in [0.15, 0.2) is 11.8 Å². The highest BCUT2D eigenvalue weighted by molar-refractivity contribution is 6.73. The third-order valence-electron chi connectivity index (χ3n) is 2.53. The summed E-state index contributed by atoms with van der Waals surface area (Å²) in [7, 11) is -2.10. The molecule has 0 aliphatic carbocycles. The molecule has 0 heterocycles. The Labute approximate surface area is 95.9 Å². The molecule has 0 unspecified atom stereocenters. The maximum Gasteiger partial charge on any atom is 0.364 e. The van der Waals surface area contributed by atoms with Gasteiger partial charge in [0, 0.05) is 13.2 Å². The van der Waals surface area contributed by atoms with E-state index in [2.05, 4.69) is 27.0 Å². The van der Waals surface area contributed by atoms with E-state index >= 15 is 0 Å². The summed E-state index contributed by atoms with van der Waals surface area (Å²) in [6.07, 6.45) is 4.53. The standard InChI is InChI=1S/C12H26O2Si/c1-6-8-10-13-15(5,12(3)4)14-11-9-7-2/h3,6-11H2,1-2,4-5H3. The van der Waals surface area contributed by atoms with E-state index in [9.17, 15) is 0 Å². The van der Waals surface area contributed by atoms with Gasteiger partial charge in [0.2, 0.25) is 0 Å². The molecule has 0 aromatic rings. The average molecular weight is 230 g/mol. The Kier molecular flexibility index (Phi) is 8.01. The zero-order valence-corrected chi connectivity index (χ0v) is 11.8. The van der Waals surface area contributed by atoms with E-state index in [0.717, 1.165) is 44.1 Å². The van der Waals surface area contributed by atoms with Crippen LogP contribution in [0.3, 0.4) is 0 Å². The first-order valence-corrected chi connectivity index (χ1v) is 8.32. The predicted molar refractivity (Wildman–Crippen MR) is 68.2 cm³/mol. The zero-order valence-electron chi connectivity index (χ0n) is 10.8. The number of rotatable bonds is 9. The summed E-state index contributed by atoms with van der Waals surface area (Å²) in [6, 6.07) is 0. The molecule has 0 aromatic carbocycles. The van der Waals surface area contributed by atoms with Gasteiger partial charge in [-0.1, -0.05) is 33.3 Å². The van der Waals surface area contributed by atoms with E-state index in [4.69, 9.17) is 8.85 Å². The van der Waals surface area contributed by atoms with Crippen LogP contribution < -0.4 is 0 Å². The molecule has 0 aliphatic rings. The lowest BCUT2D eigenvalue weighted by molar-refractivity contribution is 0.177. The van der Waals surface area contributed by atoms with Gasteiger partial charge in [-0.3, -0.25) is 0 Å². The Morgan fingerprint density at radius 1 is 1.07 bits per heavy atom. The van der Waals surface area contributed by atoms with Crippen molar-refractivity contribution in [3.8, 4) is 0 Å². The highest BCUT2D eigenvalue weighted by Gasteiger charge is 2.32. The second-order valence-corrected chi connectivity index (χ2v) is 7.45. The Morgan fingerprint density at radius 2 is 1.47 bits per heavy atom. The minimum absolute atomic E-state index is 0.804. The largest absolute Gasteiger partial charge is 0.391 e. The van der Waals surface area contributed by atoms with Gasteiger partial charge in [0.1, 0.15) is 0 Å². The summed E-state index contributed by atoms with van der Waals surface area (Å²) in [5.41, 5.74) is 0. The molecule has 0 aliphatic heterocycles. The molecule has 0 fully saturated rings. The van der Waals surface area contributed by atoms with Crippen LogP contribution in [0.2, 0.25) is 6.55 Å². The van der Waals surface area contributed by atoms with Crippen LogP contribution >= 0.6 is 0 Å². The first kappa shape index (κ1) is 14.9. The molecule has 0 saturated carbocycles. The van der Waals surface area contributed by atoms with Crippen molar-refractivity contribution in [1.82, 2.24) is 0 Å². The van der Waals surface area contributed by atoms with E-state index in [1.807, 2.05) is 6.92 Å². The minimum Gasteiger partial charge on any atom is -0.391 e. The van der Waals surface area contributed by atoms with Gasteiger partial charge >= 0.3 is 8.56 Å². The zero-order chi connectivity index (χ0) is 11.7. The minimum atomic E-state index is -2.10. The van der Waals surface area contributed by atoms with Gasteiger partial charge in [0.05, 0.1) is 0 Å². The van der Waals surface area contributed by atoms with Crippen molar-refractivity contribution in [2.24, 2.45) is 0 Å². The summed E-state index contributed by atoms with van der Waals surface area (Å²) >= 11 is 0. The van der Waals surface area contributed by atoms with Crippen LogP contribution in [0.4, 0.5) is 0 Å². The van der Waals surface area contributed by atoms with Crippen molar-refractivity contribution in [2.75, 3.05) is 13.2 Å². The number of allylic oxidation sites excluding steroid dienone is 1. The molecule has 0 atom stereocenters. The van der Waals surface area contributed by atoms with Crippen LogP contribution in [0.1, 0.15) is 46.5 Å². The highest BCUT2D eigenvalue weighted by atomic mass is 28.4. The predicted octanol–water partition coefficient (Wildman–Crippen LogP) is 3.81. The van der Waals surface area contributed by atoms with Crippen molar-refractivity contribution in [2.45, 2.75) is 53.0 Å². The van der Waals surface area contributed by atoms with Crippen molar-refractivity contribution in [1.29, 1.82) is 0 Å². The summed E-state index contributed by atoms with van der Waals surface area (Å²) in [5.74, 6) is 0. The highest BCUT2D eigenvalue weighted by Crippen LogP contribution is 2.17. The monoisotopic (exact) mass is 230 g/mol. The maximum absolute atomic E-state index is 5.90. The van der Waals surface area contributed by atoms with Crippen LogP contribution in [0, 0.1) is 0 Å². The Balaban J connectivity index is 4.01. The molecule has 0 rings (SSSR count). The van der Waals surface area contributed by atoms with E-state index in [-0.39, 0.29) is 0 Å². The Morgan fingerprint density at radius 3 is 1.73 bits per heavy atom. The van der Waals surface area contributed by atoms with Gasteiger partial charge in [-0.2, -0.15) is 0 Å². The number of hydrogen-bond acceptors (Lipinski definition) is 2. The first-order valence-electron chi connectivity index (χ1n) is 6.00. The lowest BCUT2D eigenvalue weighted by Crippen LogP contribution is -2.41. The Hall–Kier alpha value is -0.123. The van der Waals surface area contributed by atoms with E-state index in [1.165, 1.54) is 0 Å². The van der Waals surface area contributed by atoms with E-state index in [1.54, 1.807) is 0 Å². The second-order valence-electron chi connectivity index (χ2n) is 4.13. The molecule has 0 bridgehead atoms. The third kappa shape index (κ3) is 6.13. The second kappa shape index (κ2) is 8.08. The summed E-state index contributed by atoms with van der Waals surface area (Å²) in [6.45, 7) is 14.1. The lowest BCUT2D eigenvalue weighted by Gasteiger charge is -2.27. The summed E-state index contributed by atoms with van der Waals surface area (Å²) < 4.78 is 11.8. The molecule has 0 aromatic heterocycles. The molecule has 0 amide bonds. The van der Waals surface area contributed by atoms with Gasteiger partial charge in [-0.05, 0) is 31.5 Å². The fraction of sp³-hybridized carbons (Fsp3) is 0.833. The topological polar surface area (TPSA) is 18.5 Å². The van der Waals surface area contributed by atoms with Crippen LogP contribution in [0.5, 0.6) is 0 Å². The van der Waals surface area contributed by atoms with E-state index in [0.29, 0.717) is 0 Å². The van der Waals surface area contributed by atoms with Gasteiger partial charge < -0.3 is 8.85 Å². The molecule has 90 valence electrons. The first-order chi connectivity index (χ1) is 7.06. The molecule has 0 saturated heterocycles. The molecule has 2 nitrogen and oxygen atoms in total. The van der Waals surface area contributed by atoms with Crippen molar-refractivity contribution < 1.29 is 8.85 Å². The molecule has 0 N–H and O–H groups in total. The molecule has 0 spiro atoms. The van der Waals surface area contributed by atoms with Crippen LogP contribution in [-0.4, -0.2) is 21.8 Å². The molecule has 15 heavy (non-hydrogen) atoms. The van der Waals surface area contributed by atoms with Gasteiger partial charge in [-0.25, -0.2) is 0 Å². The third-order valence-corrected chi connectivity index (χ3v) is 5.59. The van der Waals surface area contributed by atoms with E-state index < -0.39 is 8.56 Å². The summed E-state index contributed by atoms with van der Waals surface area (Å²) in [5, 5.41) is 1.08. The smallest absolute Gasteiger partial charge is 0.364 e. The fourth-order valence-electron chi connectivity index (χ4n) is 1.11. The van der Waals surface area contributed by atoms with Crippen LogP contribution in [0.25, 0.3) is 0 Å². The average Bonchev–Trinajstić information content (AvgIpc) is 2.18. The molecule has 0 radical (unpaired) electrons. The van der Waals surface area contributed by atoms with Gasteiger partial charge in [-0.15, -0.1) is 0 Å². The molecule has 3 heteroatoms. The molecular formula is C12H26O2Si. The Bertz CT molecular complexity index is 170. The van der Waals surface area contributed by atoms with Crippen molar-refractivity contribution in [3.63, 3.8) is 0 Å². The van der Waals surface area contributed by atoms with Crippen molar-refractivity contribution >= 4 is 8.56 Å².